The molecular formula is C19H24O3. The van der Waals surface area contributed by atoms with Crippen LogP contribution in [-0.2, 0) is 16.0 Å². The van der Waals surface area contributed by atoms with Crippen molar-refractivity contribution in [1.29, 1.82) is 0 Å². The van der Waals surface area contributed by atoms with Crippen LogP contribution in [0.15, 0.2) is 18.2 Å². The zero-order valence-corrected chi connectivity index (χ0v) is 13.1. The van der Waals surface area contributed by atoms with Gasteiger partial charge < -0.3 is 9.84 Å². The van der Waals surface area contributed by atoms with Gasteiger partial charge in [0.05, 0.1) is 0 Å². The summed E-state index contributed by atoms with van der Waals surface area (Å²) in [7, 11) is 0. The Morgan fingerprint density at radius 1 is 1.27 bits per heavy atom. The second-order valence-corrected chi connectivity index (χ2v) is 7.64. The Morgan fingerprint density at radius 3 is 2.95 bits per heavy atom. The fraction of sp³-hybridized carbons (Fsp3) is 0.632. The number of carbonyl (C=O) groups excluding carboxylic acids is 1. The number of hydrogen-bond acceptors (Lipinski definition) is 3. The van der Waals surface area contributed by atoms with Crippen molar-refractivity contribution in [2.45, 2.75) is 57.5 Å². The second-order valence-electron chi connectivity index (χ2n) is 7.64. The van der Waals surface area contributed by atoms with E-state index in [1.807, 2.05) is 12.1 Å². The first-order chi connectivity index (χ1) is 10.6. The molecule has 3 heteroatoms. The van der Waals surface area contributed by atoms with Crippen molar-refractivity contribution < 1.29 is 14.6 Å². The molecule has 118 valence electrons. The molecule has 3 nitrogen and oxygen atoms in total. The number of rotatable bonds is 2. The Bertz CT molecular complexity index is 596. The Balaban J connectivity index is 1.66. The van der Waals surface area contributed by atoms with E-state index in [2.05, 4.69) is 13.0 Å². The molecule has 1 aromatic rings. The third-order valence-electron chi connectivity index (χ3n) is 6.84. The van der Waals surface area contributed by atoms with E-state index in [9.17, 15) is 9.90 Å². The fourth-order valence-corrected chi connectivity index (χ4v) is 5.81. The first kappa shape index (κ1) is 14.1. The topological polar surface area (TPSA) is 46.5 Å². The van der Waals surface area contributed by atoms with E-state index in [0.717, 1.165) is 19.3 Å². The van der Waals surface area contributed by atoms with Crippen LogP contribution in [0.25, 0.3) is 0 Å². The molecule has 5 atom stereocenters. The van der Waals surface area contributed by atoms with Gasteiger partial charge in [-0.25, -0.2) is 0 Å². The summed E-state index contributed by atoms with van der Waals surface area (Å²) in [5.74, 6) is 2.38. The van der Waals surface area contributed by atoms with Crippen LogP contribution in [-0.4, -0.2) is 17.7 Å². The van der Waals surface area contributed by atoms with Gasteiger partial charge in [-0.3, -0.25) is 4.79 Å². The van der Waals surface area contributed by atoms with E-state index >= 15 is 0 Å². The molecule has 3 aliphatic carbocycles. The molecule has 2 saturated carbocycles. The van der Waals surface area contributed by atoms with Gasteiger partial charge in [-0.05, 0) is 79.5 Å². The fourth-order valence-electron chi connectivity index (χ4n) is 5.81. The molecule has 0 saturated heterocycles. The zero-order chi connectivity index (χ0) is 15.3. The maximum Gasteiger partial charge on any atom is 0.293 e. The van der Waals surface area contributed by atoms with Gasteiger partial charge >= 0.3 is 0 Å². The van der Waals surface area contributed by atoms with Gasteiger partial charge in [0.15, 0.2) is 0 Å². The maximum atomic E-state index is 10.8. The molecule has 1 aromatic carbocycles. The molecule has 0 aromatic heterocycles. The number of hydrogen-bond donors (Lipinski definition) is 1. The molecule has 2 fully saturated rings. The molecule has 0 amide bonds. The molecule has 0 bridgehead atoms. The van der Waals surface area contributed by atoms with Gasteiger partial charge in [0.1, 0.15) is 11.9 Å². The highest BCUT2D eigenvalue weighted by Gasteiger charge is 2.55. The smallest absolute Gasteiger partial charge is 0.293 e. The van der Waals surface area contributed by atoms with Crippen molar-refractivity contribution in [1.82, 2.24) is 0 Å². The molecule has 0 spiro atoms. The standard InChI is InChI=1S/C19H24O3/c1-19-9-8-15-14-5-3-13(21)10-12(14)2-4-16(15)17(19)6-7-18(19)22-11-20/h3,5,10-11,15-18,21H,2,4,6-9H2,1H3/t15?,16-,17?,18+,19+/m1/s1. The molecule has 4 rings (SSSR count). The summed E-state index contributed by atoms with van der Waals surface area (Å²) in [4.78, 5) is 10.8. The minimum absolute atomic E-state index is 0.108. The lowest BCUT2D eigenvalue weighted by molar-refractivity contribution is -0.141. The maximum absolute atomic E-state index is 10.8. The molecule has 3 aliphatic rings. The van der Waals surface area contributed by atoms with E-state index in [-0.39, 0.29) is 11.5 Å². The van der Waals surface area contributed by atoms with E-state index < -0.39 is 0 Å². The van der Waals surface area contributed by atoms with Crippen LogP contribution in [0.1, 0.15) is 56.1 Å². The van der Waals surface area contributed by atoms with E-state index in [1.165, 1.54) is 30.4 Å². The minimum Gasteiger partial charge on any atom is -0.508 e. The molecule has 0 radical (unpaired) electrons. The number of ether oxygens (including phenoxy) is 1. The number of phenols is 1. The van der Waals surface area contributed by atoms with Gasteiger partial charge in [0.25, 0.3) is 6.47 Å². The van der Waals surface area contributed by atoms with Crippen molar-refractivity contribution in [3.8, 4) is 5.75 Å². The second kappa shape index (κ2) is 5.00. The third-order valence-corrected chi connectivity index (χ3v) is 6.84. The summed E-state index contributed by atoms with van der Waals surface area (Å²) < 4.78 is 5.43. The SMILES string of the molecule is C[C@]12CCC3c4ccc(O)cc4CC[C@H]3C1CC[C@@H]2OC=O. The first-order valence-corrected chi connectivity index (χ1v) is 8.54. The highest BCUT2D eigenvalue weighted by molar-refractivity contribution is 5.41. The number of benzene rings is 1. The van der Waals surface area contributed by atoms with Crippen LogP contribution < -0.4 is 0 Å². The molecule has 22 heavy (non-hydrogen) atoms. The summed E-state index contributed by atoms with van der Waals surface area (Å²) >= 11 is 0. The lowest BCUT2D eigenvalue weighted by Crippen LogP contribution is -2.44. The summed E-state index contributed by atoms with van der Waals surface area (Å²) in [6.07, 6.45) is 6.89. The number of aryl methyl sites for hydroxylation is 1. The number of aromatic hydroxyl groups is 1. The van der Waals surface area contributed by atoms with E-state index in [4.69, 9.17) is 4.74 Å². The summed E-state index contributed by atoms with van der Waals surface area (Å²) in [6.45, 7) is 2.98. The van der Waals surface area contributed by atoms with Gasteiger partial charge in [0, 0.05) is 5.41 Å². The highest BCUT2D eigenvalue weighted by atomic mass is 16.5. The lowest BCUT2D eigenvalue weighted by Gasteiger charge is -2.50. The van der Waals surface area contributed by atoms with Gasteiger partial charge in [-0.2, -0.15) is 0 Å². The molecule has 2 unspecified atom stereocenters. The van der Waals surface area contributed by atoms with Crippen molar-refractivity contribution in [3.63, 3.8) is 0 Å². The Hall–Kier alpha value is -1.51. The average Bonchev–Trinajstić information content (AvgIpc) is 2.84. The third kappa shape index (κ3) is 1.90. The summed E-state index contributed by atoms with van der Waals surface area (Å²) in [6, 6.07) is 5.92. The molecule has 0 aliphatic heterocycles. The van der Waals surface area contributed by atoms with Crippen LogP contribution in [0.5, 0.6) is 5.75 Å². The lowest BCUT2D eigenvalue weighted by atomic mass is 9.55. The Labute approximate surface area is 131 Å². The molecule has 0 heterocycles. The number of phenolic OH excluding ortho intramolecular Hbond substituents is 1. The predicted molar refractivity (Wildman–Crippen MR) is 83.7 cm³/mol. The number of fused-ring (bicyclic) bond motifs is 5. The Morgan fingerprint density at radius 2 is 2.14 bits per heavy atom. The quantitative estimate of drug-likeness (QED) is 0.845. The number of carbonyl (C=O) groups is 1. The van der Waals surface area contributed by atoms with Crippen LogP contribution >= 0.6 is 0 Å². The first-order valence-electron chi connectivity index (χ1n) is 8.54. The van der Waals surface area contributed by atoms with Gasteiger partial charge in [0.2, 0.25) is 0 Å². The average molecular weight is 300 g/mol. The van der Waals surface area contributed by atoms with Crippen LogP contribution in [0.2, 0.25) is 0 Å². The van der Waals surface area contributed by atoms with E-state index in [1.54, 1.807) is 0 Å². The minimum atomic E-state index is 0.108. The van der Waals surface area contributed by atoms with Crippen molar-refractivity contribution in [2.75, 3.05) is 0 Å². The summed E-state index contributed by atoms with van der Waals surface area (Å²) in [5.41, 5.74) is 2.95. The summed E-state index contributed by atoms with van der Waals surface area (Å²) in [5, 5.41) is 9.72. The van der Waals surface area contributed by atoms with Crippen molar-refractivity contribution in [3.05, 3.63) is 29.3 Å². The van der Waals surface area contributed by atoms with Crippen LogP contribution in [0.3, 0.4) is 0 Å². The largest absolute Gasteiger partial charge is 0.508 e. The molecule has 1 N–H and O–H groups in total. The van der Waals surface area contributed by atoms with E-state index in [0.29, 0.717) is 30.0 Å². The van der Waals surface area contributed by atoms with Crippen LogP contribution in [0, 0.1) is 17.3 Å². The monoisotopic (exact) mass is 300 g/mol. The van der Waals surface area contributed by atoms with Crippen LogP contribution in [0.4, 0.5) is 0 Å². The predicted octanol–water partition coefficient (Wildman–Crippen LogP) is 3.79. The van der Waals surface area contributed by atoms with Crippen molar-refractivity contribution in [2.24, 2.45) is 17.3 Å². The Kier molecular flexibility index (Phi) is 3.21. The zero-order valence-electron chi connectivity index (χ0n) is 13.1. The van der Waals surface area contributed by atoms with Gasteiger partial charge in [-0.1, -0.05) is 13.0 Å². The molecular weight excluding hydrogens is 276 g/mol. The van der Waals surface area contributed by atoms with Gasteiger partial charge in [-0.15, -0.1) is 0 Å². The normalized spacial score (nSPS) is 39.5. The highest BCUT2D eigenvalue weighted by Crippen LogP contribution is 2.61. The van der Waals surface area contributed by atoms with Crippen molar-refractivity contribution >= 4 is 6.47 Å².